The summed E-state index contributed by atoms with van der Waals surface area (Å²) in [7, 11) is 0. The van der Waals surface area contributed by atoms with E-state index in [9.17, 15) is 14.7 Å². The van der Waals surface area contributed by atoms with E-state index < -0.39 is 11.5 Å². The van der Waals surface area contributed by atoms with Crippen LogP contribution in [0.25, 0.3) is 5.69 Å². The summed E-state index contributed by atoms with van der Waals surface area (Å²) in [5.74, 6) is -0.963. The van der Waals surface area contributed by atoms with E-state index in [0.717, 1.165) is 5.69 Å². The van der Waals surface area contributed by atoms with E-state index in [0.29, 0.717) is 5.75 Å². The maximum absolute atomic E-state index is 12.7. The molecule has 6 nitrogen and oxygen atoms in total. The number of rotatable bonds is 2. The lowest BCUT2D eigenvalue weighted by molar-refractivity contribution is -0.593. The molecule has 0 aromatic carbocycles. The third-order valence-electron chi connectivity index (χ3n) is 4.37. The molecule has 4 aliphatic heterocycles. The summed E-state index contributed by atoms with van der Waals surface area (Å²) < 4.78 is 3.83. The molecule has 4 rings (SSSR count). The first-order chi connectivity index (χ1) is 10.5. The van der Waals surface area contributed by atoms with Gasteiger partial charge in [0.1, 0.15) is 5.37 Å². The smallest absolute Gasteiger partial charge is 0.257 e. The van der Waals surface area contributed by atoms with Crippen molar-refractivity contribution in [3.05, 3.63) is 48.7 Å². The lowest BCUT2D eigenvalue weighted by Crippen LogP contribution is -2.72. The van der Waals surface area contributed by atoms with Crippen LogP contribution in [0.5, 0.6) is 0 Å². The summed E-state index contributed by atoms with van der Waals surface area (Å²) >= 11 is 1.56. The number of hydrogen-bond donors (Lipinski definition) is 0. The topological polar surface area (TPSA) is 69.2 Å². The number of fused-ring (bicyclic) bond motifs is 2. The molecule has 0 aromatic heterocycles. The van der Waals surface area contributed by atoms with E-state index in [1.165, 1.54) is 11.0 Å². The molecular weight excluding hydrogens is 302 g/mol. The van der Waals surface area contributed by atoms with Gasteiger partial charge in [0.05, 0.1) is 24.1 Å². The van der Waals surface area contributed by atoms with Gasteiger partial charge in [-0.2, -0.15) is 4.57 Å². The fraction of sp³-hybridized carbons (Fsp3) is 0.267. The Kier molecular flexibility index (Phi) is 2.65. The Labute approximate surface area is 131 Å². The highest BCUT2D eigenvalue weighted by Crippen LogP contribution is 2.48. The number of aliphatic carboxylic acids is 1. The molecule has 1 amide bonds. The Balaban J connectivity index is 1.77. The number of amides is 1. The van der Waals surface area contributed by atoms with E-state index in [1.54, 1.807) is 11.8 Å². The van der Waals surface area contributed by atoms with Gasteiger partial charge in [0.25, 0.3) is 5.91 Å². The number of carboxylic acid groups (broad SMARTS) is 1. The number of carbonyl (C=O) groups excluding carboxylic acids is 2. The highest BCUT2D eigenvalue weighted by Gasteiger charge is 2.61. The second kappa shape index (κ2) is 4.36. The summed E-state index contributed by atoms with van der Waals surface area (Å²) in [5, 5.41) is 10.9. The van der Waals surface area contributed by atoms with Gasteiger partial charge in [0.2, 0.25) is 5.69 Å². The molecule has 2 atom stereocenters. The average Bonchev–Trinajstić information content (AvgIpc) is 3.00. The summed E-state index contributed by atoms with van der Waals surface area (Å²) in [6.07, 6.45) is 9.12. The van der Waals surface area contributed by atoms with Gasteiger partial charge in [0, 0.05) is 17.9 Å². The maximum atomic E-state index is 12.7. The second-order valence-corrected chi connectivity index (χ2v) is 6.67. The van der Waals surface area contributed by atoms with E-state index >= 15 is 0 Å². The van der Waals surface area contributed by atoms with Crippen LogP contribution >= 0.6 is 11.8 Å². The molecular formula is C15H13N3O3S. The lowest BCUT2D eigenvalue weighted by atomic mass is 9.88. The van der Waals surface area contributed by atoms with Crippen LogP contribution in [0, 0.1) is 0 Å². The molecule has 0 aliphatic carbocycles. The van der Waals surface area contributed by atoms with Gasteiger partial charge in [-0.1, -0.05) is 0 Å². The van der Waals surface area contributed by atoms with Gasteiger partial charge in [-0.25, -0.2) is 0 Å². The minimum Gasteiger partial charge on any atom is -0.543 e. The van der Waals surface area contributed by atoms with Crippen LogP contribution in [0.4, 0.5) is 0 Å². The molecule has 1 saturated heterocycles. The third kappa shape index (κ3) is 1.54. The Bertz CT molecular complexity index is 799. The van der Waals surface area contributed by atoms with E-state index in [-0.39, 0.29) is 17.0 Å². The number of β-lactam (4-membered cyclic amide) rings is 1. The number of nitrogens with zero attached hydrogens (tertiary/aromatic N) is 3. The van der Waals surface area contributed by atoms with E-state index in [1.807, 2.05) is 53.0 Å². The van der Waals surface area contributed by atoms with Gasteiger partial charge in [-0.15, -0.1) is 11.8 Å². The quantitative estimate of drug-likeness (QED) is 0.552. The molecule has 0 N–H and O–H groups in total. The van der Waals surface area contributed by atoms with Gasteiger partial charge in [-0.05, 0) is 13.0 Å². The molecule has 112 valence electrons. The summed E-state index contributed by atoms with van der Waals surface area (Å²) in [5.41, 5.74) is 0.174. The van der Waals surface area contributed by atoms with Crippen LogP contribution < -0.4 is 9.67 Å². The van der Waals surface area contributed by atoms with Crippen molar-refractivity contribution < 1.29 is 19.3 Å². The van der Waals surface area contributed by atoms with Crippen molar-refractivity contribution in [3.8, 4) is 5.69 Å². The molecule has 0 spiro atoms. The summed E-state index contributed by atoms with van der Waals surface area (Å²) in [6, 6.07) is 3.89. The zero-order valence-electron chi connectivity index (χ0n) is 11.8. The molecule has 0 saturated carbocycles. The van der Waals surface area contributed by atoms with Crippen LogP contribution in [0.1, 0.15) is 6.92 Å². The number of thioether (sulfide) groups is 1. The highest BCUT2D eigenvalue weighted by molar-refractivity contribution is 8.00. The predicted molar refractivity (Wildman–Crippen MR) is 77.0 cm³/mol. The Morgan fingerprint density at radius 2 is 2.32 bits per heavy atom. The number of carbonyl (C=O) groups is 2. The molecule has 1 fully saturated rings. The van der Waals surface area contributed by atoms with E-state index in [4.69, 9.17) is 0 Å². The van der Waals surface area contributed by atoms with Gasteiger partial charge in [0.15, 0.2) is 17.9 Å². The molecule has 4 heterocycles. The second-order valence-electron chi connectivity index (χ2n) is 5.56. The lowest BCUT2D eigenvalue weighted by Gasteiger charge is -2.56. The van der Waals surface area contributed by atoms with Gasteiger partial charge >= 0.3 is 0 Å². The van der Waals surface area contributed by atoms with Gasteiger partial charge < -0.3 is 14.5 Å². The molecule has 7 heteroatoms. The fourth-order valence-corrected chi connectivity index (χ4v) is 4.46. The monoisotopic (exact) mass is 315 g/mol. The summed E-state index contributed by atoms with van der Waals surface area (Å²) in [6.45, 7) is 1.85. The largest absolute Gasteiger partial charge is 0.543 e. The fourth-order valence-electron chi connectivity index (χ4n) is 3.12. The summed E-state index contributed by atoms with van der Waals surface area (Å²) in [4.78, 5) is 25.2. The predicted octanol–water partition coefficient (Wildman–Crippen LogP) is -0.533. The number of aromatic nitrogens is 2. The van der Waals surface area contributed by atoms with Crippen LogP contribution in [-0.4, -0.2) is 32.5 Å². The van der Waals surface area contributed by atoms with Crippen molar-refractivity contribution in [3.63, 3.8) is 0 Å². The molecule has 0 aromatic rings. The van der Waals surface area contributed by atoms with Crippen LogP contribution in [0.3, 0.4) is 0 Å². The van der Waals surface area contributed by atoms with Crippen molar-refractivity contribution in [1.82, 2.24) is 9.47 Å². The first-order valence-electron chi connectivity index (χ1n) is 6.89. The zero-order valence-corrected chi connectivity index (χ0v) is 12.6. The van der Waals surface area contributed by atoms with Crippen molar-refractivity contribution in [2.45, 2.75) is 17.8 Å². The Hall–Kier alpha value is -2.28. The third-order valence-corrected chi connectivity index (χ3v) is 5.72. The Morgan fingerprint density at radius 1 is 1.50 bits per heavy atom. The first kappa shape index (κ1) is 13.4. The Morgan fingerprint density at radius 3 is 3.09 bits per heavy atom. The van der Waals surface area contributed by atoms with Crippen LogP contribution in [-0.2, 0) is 15.1 Å². The molecule has 1 unspecified atom stereocenters. The van der Waals surface area contributed by atoms with Crippen molar-refractivity contribution in [1.29, 1.82) is 0 Å². The average molecular weight is 315 g/mol. The van der Waals surface area contributed by atoms with Crippen LogP contribution in [0.2, 0.25) is 0 Å². The molecule has 0 bridgehead atoms. The molecule has 22 heavy (non-hydrogen) atoms. The normalized spacial score (nSPS) is 27.3. The standard InChI is InChI=1S/C15H13N3O3S/c1-15(17-7-6-16-5-2-3-10(16)9-17)13(21)18-11(12(19)20)4-8-22-14(15)18/h2-7,9,14H,8H2,1H3/t14-,15?/m0/s1. The van der Waals surface area contributed by atoms with Crippen molar-refractivity contribution in [2.75, 3.05) is 5.75 Å². The van der Waals surface area contributed by atoms with Gasteiger partial charge in [-0.3, -0.25) is 9.69 Å². The number of hydrogen-bond acceptors (Lipinski definition) is 4. The minimum atomic E-state index is -1.30. The molecule has 0 radical (unpaired) electrons. The SMILES string of the molecule is CC1(n2cc[n+]3cccc-3c2)C(=O)N2C(C(=O)[O-])=CCS[C@H]21. The first-order valence-corrected chi connectivity index (χ1v) is 7.93. The van der Waals surface area contributed by atoms with E-state index in [2.05, 4.69) is 0 Å². The minimum absolute atomic E-state index is 0.0180. The highest BCUT2D eigenvalue weighted by atomic mass is 32.2. The maximum Gasteiger partial charge on any atom is 0.257 e. The van der Waals surface area contributed by atoms with Crippen molar-refractivity contribution in [2.24, 2.45) is 0 Å². The van der Waals surface area contributed by atoms with Crippen molar-refractivity contribution >= 4 is 23.6 Å². The zero-order chi connectivity index (χ0) is 15.5. The molecule has 4 aliphatic rings. The van der Waals surface area contributed by atoms with Crippen LogP contribution in [0.15, 0.2) is 48.7 Å². The number of carboxylic acids is 1.